The highest BCUT2D eigenvalue weighted by Crippen LogP contribution is 2.30. The number of nitrogens with one attached hydrogen (secondary N) is 2. The number of rotatable bonds is 4. The van der Waals surface area contributed by atoms with Gasteiger partial charge in [0.2, 0.25) is 5.95 Å². The Hall–Kier alpha value is -4.00. The Kier molecular flexibility index (Phi) is 5.40. The molecule has 2 N–H and O–H groups in total. The molecule has 0 aliphatic carbocycles. The topological polar surface area (TPSA) is 93.9 Å². The van der Waals surface area contributed by atoms with Gasteiger partial charge in [0, 0.05) is 11.1 Å². The molecule has 0 saturated carbocycles. The van der Waals surface area contributed by atoms with Gasteiger partial charge in [0.15, 0.2) is 0 Å². The van der Waals surface area contributed by atoms with Crippen molar-refractivity contribution in [2.45, 2.75) is 6.18 Å². The van der Waals surface area contributed by atoms with Gasteiger partial charge in [0.05, 0.1) is 17.5 Å². The molecule has 2 aromatic carbocycles. The van der Waals surface area contributed by atoms with E-state index >= 15 is 0 Å². The lowest BCUT2D eigenvalue weighted by Crippen LogP contribution is -2.16. The standard InChI is InChI=1S/C19H11F4N5O/c20-15-8-13(19(21,22)23)7-6-12(15)10-25-28-18-26-16(11-4-2-1-3-5-11)14(9-24)17(29)27-18/h1-8,10H,(H2,26,27,28,29). The molecule has 0 aliphatic rings. The normalized spacial score (nSPS) is 11.4. The third-order valence-corrected chi connectivity index (χ3v) is 3.78. The smallest absolute Gasteiger partial charge is 0.290 e. The molecule has 10 heteroatoms. The van der Waals surface area contributed by atoms with Crippen molar-refractivity contribution < 1.29 is 17.6 Å². The fraction of sp³-hybridized carbons (Fsp3) is 0.0526. The van der Waals surface area contributed by atoms with Crippen LogP contribution in [0.2, 0.25) is 0 Å². The molecule has 3 rings (SSSR count). The first kappa shape index (κ1) is 19.8. The van der Waals surface area contributed by atoms with E-state index in [-0.39, 0.29) is 22.8 Å². The molecular weight excluding hydrogens is 390 g/mol. The van der Waals surface area contributed by atoms with E-state index in [2.05, 4.69) is 20.5 Å². The second-order valence-corrected chi connectivity index (χ2v) is 5.72. The van der Waals surface area contributed by atoms with Gasteiger partial charge < -0.3 is 0 Å². The van der Waals surface area contributed by atoms with Crippen molar-refractivity contribution in [1.82, 2.24) is 9.97 Å². The van der Waals surface area contributed by atoms with E-state index < -0.39 is 23.1 Å². The van der Waals surface area contributed by atoms with Crippen molar-refractivity contribution >= 4 is 12.2 Å². The Morgan fingerprint density at radius 2 is 1.90 bits per heavy atom. The first-order valence-electron chi connectivity index (χ1n) is 8.05. The lowest BCUT2D eigenvalue weighted by atomic mass is 10.1. The summed E-state index contributed by atoms with van der Waals surface area (Å²) in [7, 11) is 0. The van der Waals surface area contributed by atoms with Crippen LogP contribution in [0.4, 0.5) is 23.5 Å². The van der Waals surface area contributed by atoms with Gasteiger partial charge >= 0.3 is 6.18 Å². The predicted molar refractivity (Wildman–Crippen MR) is 97.6 cm³/mol. The Balaban J connectivity index is 1.87. The summed E-state index contributed by atoms with van der Waals surface area (Å²) in [5, 5.41) is 12.9. The van der Waals surface area contributed by atoms with E-state index in [0.29, 0.717) is 11.6 Å². The highest BCUT2D eigenvalue weighted by molar-refractivity contribution is 5.80. The third kappa shape index (κ3) is 4.47. The Morgan fingerprint density at radius 3 is 2.52 bits per heavy atom. The lowest BCUT2D eigenvalue weighted by Gasteiger charge is -2.07. The fourth-order valence-corrected chi connectivity index (χ4v) is 2.41. The Labute approximate surface area is 161 Å². The maximum Gasteiger partial charge on any atom is 0.416 e. The van der Waals surface area contributed by atoms with Gasteiger partial charge in [-0.1, -0.05) is 30.3 Å². The summed E-state index contributed by atoms with van der Waals surface area (Å²) in [6.07, 6.45) is -3.72. The van der Waals surface area contributed by atoms with Crippen molar-refractivity contribution in [3.8, 4) is 17.3 Å². The van der Waals surface area contributed by atoms with E-state index in [1.807, 2.05) is 0 Å². The van der Waals surface area contributed by atoms with Crippen LogP contribution in [0.25, 0.3) is 11.3 Å². The molecule has 0 bridgehead atoms. The van der Waals surface area contributed by atoms with Crippen molar-refractivity contribution in [3.63, 3.8) is 0 Å². The Bertz CT molecular complexity index is 1160. The van der Waals surface area contributed by atoms with E-state index in [0.717, 1.165) is 18.3 Å². The zero-order valence-corrected chi connectivity index (χ0v) is 14.5. The molecule has 0 saturated heterocycles. The van der Waals surface area contributed by atoms with Crippen LogP contribution in [0.3, 0.4) is 0 Å². The van der Waals surface area contributed by atoms with Gasteiger partial charge in [-0.2, -0.15) is 23.5 Å². The lowest BCUT2D eigenvalue weighted by molar-refractivity contribution is -0.137. The first-order chi connectivity index (χ1) is 13.8. The highest BCUT2D eigenvalue weighted by atomic mass is 19.4. The zero-order chi connectivity index (χ0) is 21.0. The number of aromatic amines is 1. The molecule has 0 atom stereocenters. The number of H-pyrrole nitrogens is 1. The third-order valence-electron chi connectivity index (χ3n) is 3.78. The van der Waals surface area contributed by atoms with Gasteiger partial charge in [-0.25, -0.2) is 14.8 Å². The van der Waals surface area contributed by atoms with Crippen LogP contribution in [0.15, 0.2) is 58.4 Å². The van der Waals surface area contributed by atoms with Crippen molar-refractivity contribution in [2.24, 2.45) is 5.10 Å². The van der Waals surface area contributed by atoms with Crippen LogP contribution in [0.1, 0.15) is 16.7 Å². The van der Waals surface area contributed by atoms with Gasteiger partial charge in [-0.05, 0) is 18.2 Å². The van der Waals surface area contributed by atoms with Crippen LogP contribution in [-0.4, -0.2) is 16.2 Å². The van der Waals surface area contributed by atoms with E-state index in [1.165, 1.54) is 0 Å². The molecule has 0 fully saturated rings. The number of alkyl halides is 3. The van der Waals surface area contributed by atoms with Crippen LogP contribution in [0.5, 0.6) is 0 Å². The molecule has 1 aromatic heterocycles. The zero-order valence-electron chi connectivity index (χ0n) is 14.5. The number of nitriles is 1. The number of anilines is 1. The largest absolute Gasteiger partial charge is 0.416 e. The first-order valence-corrected chi connectivity index (χ1v) is 8.05. The van der Waals surface area contributed by atoms with Gasteiger partial charge in [-0.3, -0.25) is 9.78 Å². The summed E-state index contributed by atoms with van der Waals surface area (Å²) in [6.45, 7) is 0. The van der Waals surface area contributed by atoms with Gasteiger partial charge in [0.25, 0.3) is 5.56 Å². The minimum absolute atomic E-state index is 0.121. The minimum atomic E-state index is -4.66. The molecule has 0 radical (unpaired) electrons. The molecule has 0 amide bonds. The molecular formula is C19H11F4N5O. The summed E-state index contributed by atoms with van der Waals surface area (Å²) < 4.78 is 51.5. The predicted octanol–water partition coefficient (Wildman–Crippen LogP) is 3.91. The summed E-state index contributed by atoms with van der Waals surface area (Å²) >= 11 is 0. The summed E-state index contributed by atoms with van der Waals surface area (Å²) in [5.41, 5.74) is 0.790. The van der Waals surface area contributed by atoms with Crippen LogP contribution in [-0.2, 0) is 6.18 Å². The quantitative estimate of drug-likeness (QED) is 0.394. The van der Waals surface area contributed by atoms with E-state index in [9.17, 15) is 27.6 Å². The number of hydrazone groups is 1. The second kappa shape index (κ2) is 7.93. The molecule has 1 heterocycles. The highest BCUT2D eigenvalue weighted by Gasteiger charge is 2.31. The molecule has 3 aromatic rings. The molecule has 146 valence electrons. The van der Waals surface area contributed by atoms with Gasteiger partial charge in [0.1, 0.15) is 17.4 Å². The monoisotopic (exact) mass is 401 g/mol. The number of aromatic nitrogens is 2. The van der Waals surface area contributed by atoms with E-state index in [4.69, 9.17) is 0 Å². The van der Waals surface area contributed by atoms with E-state index in [1.54, 1.807) is 36.4 Å². The minimum Gasteiger partial charge on any atom is -0.290 e. The van der Waals surface area contributed by atoms with Crippen molar-refractivity contribution in [1.29, 1.82) is 5.26 Å². The molecule has 0 unspecified atom stereocenters. The van der Waals surface area contributed by atoms with Crippen molar-refractivity contribution in [3.05, 3.63) is 81.4 Å². The summed E-state index contributed by atoms with van der Waals surface area (Å²) in [4.78, 5) is 18.5. The van der Waals surface area contributed by atoms with Crippen LogP contribution >= 0.6 is 0 Å². The second-order valence-electron chi connectivity index (χ2n) is 5.72. The number of benzene rings is 2. The number of nitrogens with zero attached hydrogens (tertiary/aromatic N) is 3. The number of hydrogen-bond donors (Lipinski definition) is 2. The summed E-state index contributed by atoms with van der Waals surface area (Å²) in [5.74, 6) is -1.24. The number of hydrogen-bond acceptors (Lipinski definition) is 5. The molecule has 0 spiro atoms. The number of halogens is 4. The maximum atomic E-state index is 13.8. The van der Waals surface area contributed by atoms with Gasteiger partial charge in [-0.15, -0.1) is 0 Å². The average molecular weight is 401 g/mol. The molecule has 0 aliphatic heterocycles. The van der Waals surface area contributed by atoms with Crippen LogP contribution in [0, 0.1) is 17.1 Å². The molecule has 29 heavy (non-hydrogen) atoms. The Morgan fingerprint density at radius 1 is 1.17 bits per heavy atom. The van der Waals surface area contributed by atoms with Crippen molar-refractivity contribution in [2.75, 3.05) is 5.43 Å². The van der Waals surface area contributed by atoms with Crippen LogP contribution < -0.4 is 11.0 Å². The average Bonchev–Trinajstić information content (AvgIpc) is 2.68. The fourth-order valence-electron chi connectivity index (χ4n) is 2.41. The molecule has 6 nitrogen and oxygen atoms in total. The summed E-state index contributed by atoms with van der Waals surface area (Å²) in [6, 6.07) is 12.3. The maximum absolute atomic E-state index is 13.8. The SMILES string of the molecule is N#Cc1c(-c2ccccc2)nc(NN=Cc2ccc(C(F)(F)F)cc2F)[nH]c1=O.